The summed E-state index contributed by atoms with van der Waals surface area (Å²) < 4.78 is 0. The first-order valence-corrected chi connectivity index (χ1v) is 20.4. The molecule has 0 aromatic carbocycles. The van der Waals surface area contributed by atoms with Crippen LogP contribution < -0.4 is 15.1 Å². The second kappa shape index (κ2) is 11.5. The Bertz CT molecular complexity index is 1820. The summed E-state index contributed by atoms with van der Waals surface area (Å²) in [5, 5.41) is 17.0. The lowest BCUT2D eigenvalue weighted by atomic mass is 9.56. The van der Waals surface area contributed by atoms with Gasteiger partial charge in [-0.05, 0) is 105 Å². The highest BCUT2D eigenvalue weighted by Crippen LogP contribution is 2.76. The highest BCUT2D eigenvalue weighted by atomic mass is 35.5. The Hall–Kier alpha value is -2.44. The molecule has 1 amide bonds. The van der Waals surface area contributed by atoms with Crippen molar-refractivity contribution in [1.82, 2.24) is 14.9 Å². The van der Waals surface area contributed by atoms with Crippen LogP contribution in [0.4, 0.5) is 16.0 Å². The van der Waals surface area contributed by atoms with Crippen molar-refractivity contribution >= 4 is 73.7 Å². The maximum Gasteiger partial charge on any atom is 0.306 e. The minimum absolute atomic E-state index is 0.314. The lowest BCUT2D eigenvalue weighted by Gasteiger charge is -2.49. The fraction of sp³-hybridized carbons (Fsp3) is 0.611. The molecule has 7 fully saturated rings. The molecule has 13 heteroatoms. The fourth-order valence-electron chi connectivity index (χ4n) is 11.7. The molecule has 10 rings (SSSR count). The van der Waals surface area contributed by atoms with Crippen LogP contribution in [0.1, 0.15) is 61.7 Å². The third kappa shape index (κ3) is 4.92. The van der Waals surface area contributed by atoms with Gasteiger partial charge >= 0.3 is 5.97 Å². The van der Waals surface area contributed by atoms with Gasteiger partial charge in [-0.25, -0.2) is 9.97 Å². The van der Waals surface area contributed by atoms with E-state index in [2.05, 4.69) is 20.1 Å². The molecule has 3 aliphatic heterocycles. The topological polar surface area (TPSA) is 102 Å². The number of halogens is 2. The van der Waals surface area contributed by atoms with E-state index in [1.807, 2.05) is 16.3 Å². The van der Waals surface area contributed by atoms with E-state index < -0.39 is 5.97 Å². The minimum atomic E-state index is -0.760. The van der Waals surface area contributed by atoms with E-state index in [1.165, 1.54) is 62.6 Å². The van der Waals surface area contributed by atoms with Gasteiger partial charge < -0.3 is 14.9 Å². The van der Waals surface area contributed by atoms with Crippen molar-refractivity contribution < 1.29 is 14.7 Å². The van der Waals surface area contributed by atoms with Gasteiger partial charge in [-0.1, -0.05) is 34.5 Å². The quantitative estimate of drug-likeness (QED) is 0.258. The molecule has 7 aliphatic rings. The fourth-order valence-corrected chi connectivity index (χ4v) is 14.1. The highest BCUT2D eigenvalue weighted by Gasteiger charge is 2.70. The van der Waals surface area contributed by atoms with E-state index in [1.54, 1.807) is 17.4 Å². The molecule has 6 atom stereocenters. The number of amides is 1. The van der Waals surface area contributed by atoms with Crippen LogP contribution >= 0.6 is 45.9 Å². The zero-order valence-corrected chi connectivity index (χ0v) is 30.3. The lowest BCUT2D eigenvalue weighted by Crippen LogP contribution is -2.50. The number of thiophene rings is 1. The minimum Gasteiger partial charge on any atom is -0.481 e. The van der Waals surface area contributed by atoms with Gasteiger partial charge in [-0.15, -0.1) is 11.3 Å². The maximum absolute atomic E-state index is 13.5. The van der Waals surface area contributed by atoms with Gasteiger partial charge in [-0.3, -0.25) is 19.8 Å². The smallest absolute Gasteiger partial charge is 0.306 e. The van der Waals surface area contributed by atoms with Crippen LogP contribution in [0.5, 0.6) is 0 Å². The molecule has 3 aromatic heterocycles. The summed E-state index contributed by atoms with van der Waals surface area (Å²) in [6, 6.07) is 4.96. The molecule has 3 bridgehead atoms. The van der Waals surface area contributed by atoms with E-state index >= 15 is 0 Å². The zero-order valence-electron chi connectivity index (χ0n) is 27.2. The average Bonchev–Trinajstić information content (AvgIpc) is 3.92. The van der Waals surface area contributed by atoms with E-state index in [-0.39, 0.29) is 11.8 Å². The molecule has 1 spiro atoms. The van der Waals surface area contributed by atoms with Gasteiger partial charge in [0.1, 0.15) is 16.5 Å². The van der Waals surface area contributed by atoms with Crippen LogP contribution in [0.2, 0.25) is 10.0 Å². The molecular formula is C36H40Cl2N6O3S2. The number of carboxylic acid groups (broad SMARTS) is 1. The summed E-state index contributed by atoms with van der Waals surface area (Å²) in [4.78, 5) is 42.9. The van der Waals surface area contributed by atoms with E-state index in [4.69, 9.17) is 28.2 Å². The SMILES string of the molecule is O=C(Nc1nc(-c2cc(Cl)cs2)c(N2CC3CCN(C4[C@@H]5C[C@H]6C[C@@H]7C[C@@H]4CC67C5)C3C2)s1)c1cnc(N2CCC(C(=O)O)CC2)c(Cl)c1. The number of pyridine rings is 1. The van der Waals surface area contributed by atoms with Crippen molar-refractivity contribution in [3.8, 4) is 10.6 Å². The zero-order chi connectivity index (χ0) is 33.2. The summed E-state index contributed by atoms with van der Waals surface area (Å²) in [6.07, 6.45) is 11.4. The Labute approximate surface area is 304 Å². The number of carbonyl (C=O) groups excluding carboxylic acids is 1. The Morgan fingerprint density at radius 1 is 0.959 bits per heavy atom. The van der Waals surface area contributed by atoms with Gasteiger partial charge in [0, 0.05) is 49.8 Å². The molecule has 258 valence electrons. The van der Waals surface area contributed by atoms with Crippen LogP contribution in [-0.4, -0.2) is 76.7 Å². The van der Waals surface area contributed by atoms with Crippen molar-refractivity contribution in [2.75, 3.05) is 47.8 Å². The number of carbonyl (C=O) groups is 2. The molecule has 2 unspecified atom stereocenters. The summed E-state index contributed by atoms with van der Waals surface area (Å²) in [5.41, 5.74) is 1.98. The van der Waals surface area contributed by atoms with Crippen LogP contribution in [0.3, 0.4) is 0 Å². The second-order valence-corrected chi connectivity index (χ2v) is 18.6. The summed E-state index contributed by atoms with van der Waals surface area (Å²) in [5.74, 6) is 3.67. The normalized spacial score (nSPS) is 34.8. The van der Waals surface area contributed by atoms with E-state index in [0.717, 1.165) is 63.8 Å². The van der Waals surface area contributed by atoms with Crippen molar-refractivity contribution in [1.29, 1.82) is 0 Å². The van der Waals surface area contributed by atoms with Crippen molar-refractivity contribution in [3.05, 3.63) is 39.3 Å². The number of likely N-dealkylation sites (tertiary alicyclic amines) is 1. The number of anilines is 3. The molecule has 3 aromatic rings. The predicted molar refractivity (Wildman–Crippen MR) is 194 cm³/mol. The number of hydrogen-bond donors (Lipinski definition) is 2. The predicted octanol–water partition coefficient (Wildman–Crippen LogP) is 7.46. The molecule has 2 N–H and O–H groups in total. The summed E-state index contributed by atoms with van der Waals surface area (Å²) >= 11 is 16.2. The number of aromatic nitrogens is 2. The number of piperidine rings is 1. The van der Waals surface area contributed by atoms with Gasteiger partial charge in [0.25, 0.3) is 5.91 Å². The number of nitrogens with zero attached hydrogens (tertiary/aromatic N) is 5. The van der Waals surface area contributed by atoms with Crippen LogP contribution in [-0.2, 0) is 4.79 Å². The number of thiazole rings is 1. The number of fused-ring (bicyclic) bond motifs is 3. The van der Waals surface area contributed by atoms with Gasteiger partial charge in [0.2, 0.25) is 0 Å². The third-order valence-corrected chi connectivity index (χ3v) is 16.3. The average molecular weight is 740 g/mol. The molecule has 9 nitrogen and oxygen atoms in total. The van der Waals surface area contributed by atoms with Crippen LogP contribution in [0, 0.1) is 40.9 Å². The Balaban J connectivity index is 0.872. The van der Waals surface area contributed by atoms with Crippen molar-refractivity contribution in [3.63, 3.8) is 0 Å². The summed E-state index contributed by atoms with van der Waals surface area (Å²) in [6.45, 7) is 4.39. The molecule has 4 aliphatic carbocycles. The molecular weight excluding hydrogens is 699 g/mol. The number of carboxylic acids is 1. The summed E-state index contributed by atoms with van der Waals surface area (Å²) in [7, 11) is 0. The van der Waals surface area contributed by atoms with Crippen LogP contribution in [0.15, 0.2) is 23.7 Å². The molecule has 0 radical (unpaired) electrons. The maximum atomic E-state index is 13.5. The van der Waals surface area contributed by atoms with Gasteiger partial charge in [0.15, 0.2) is 5.13 Å². The first-order valence-electron chi connectivity index (χ1n) is 17.9. The lowest BCUT2D eigenvalue weighted by molar-refractivity contribution is -0.142. The first kappa shape index (κ1) is 31.3. The number of rotatable bonds is 7. The van der Waals surface area contributed by atoms with Crippen molar-refractivity contribution in [2.45, 2.75) is 63.5 Å². The van der Waals surface area contributed by atoms with Gasteiger partial charge in [0.05, 0.1) is 26.4 Å². The van der Waals surface area contributed by atoms with E-state index in [9.17, 15) is 14.7 Å². The largest absolute Gasteiger partial charge is 0.481 e. The van der Waals surface area contributed by atoms with Crippen molar-refractivity contribution in [2.24, 2.45) is 40.9 Å². The highest BCUT2D eigenvalue weighted by molar-refractivity contribution is 7.21. The molecule has 4 saturated carbocycles. The monoisotopic (exact) mass is 738 g/mol. The van der Waals surface area contributed by atoms with Crippen LogP contribution in [0.25, 0.3) is 10.6 Å². The number of aliphatic carboxylic acids is 1. The molecule has 6 heterocycles. The number of nitrogens with one attached hydrogen (secondary N) is 1. The first-order chi connectivity index (χ1) is 23.7. The Morgan fingerprint density at radius 2 is 1.73 bits per heavy atom. The Morgan fingerprint density at radius 3 is 2.43 bits per heavy atom. The number of hydrogen-bond acceptors (Lipinski definition) is 9. The standard InChI is InChI=1S/C36H40Cl2N6O3S2/c37-25-11-28(48-17-25)29-33(43-15-19-3-6-44(27(19)16-43)30-20-7-23-10-24-8-21(30)13-36(23,24)12-20)49-35(40-29)41-32(45)22-9-26(38)31(39-14-22)42-4-1-18(2-5-42)34(46)47/h9,11,14,17-21,23-24,27,30H,1-8,10,12-13,15-16H2,(H,46,47)(H,40,41,45)/t19?,20-,21-,23+,24+,27?,36?/m1/s1. The molecule has 49 heavy (non-hydrogen) atoms. The van der Waals surface area contributed by atoms with E-state index in [0.29, 0.717) is 64.4 Å². The molecule has 3 saturated heterocycles. The van der Waals surface area contributed by atoms with Gasteiger partial charge in [-0.2, -0.15) is 0 Å². The second-order valence-electron chi connectivity index (χ2n) is 15.9. The Kier molecular flexibility index (Phi) is 7.37. The third-order valence-electron chi connectivity index (χ3n) is 13.7.